The molecule has 4 nitrogen and oxygen atoms in total. The van der Waals surface area contributed by atoms with Gasteiger partial charge in [0.2, 0.25) is 0 Å². The van der Waals surface area contributed by atoms with Crippen LogP contribution in [-0.4, -0.2) is 25.2 Å². The molecule has 1 aromatic rings. The molecule has 3 rings (SSSR count). The van der Waals surface area contributed by atoms with Crippen LogP contribution in [0.4, 0.5) is 10.5 Å². The summed E-state index contributed by atoms with van der Waals surface area (Å²) in [7, 11) is 0. The van der Waals surface area contributed by atoms with E-state index in [2.05, 4.69) is 5.32 Å². The number of anilines is 1. The molecule has 0 unspecified atom stereocenters. The van der Waals surface area contributed by atoms with Gasteiger partial charge in [-0.25, -0.2) is 4.79 Å². The number of nitrogens with one attached hydrogen (secondary N) is 1. The fourth-order valence-corrected chi connectivity index (χ4v) is 2.86. The molecule has 1 aliphatic carbocycles. The Bertz CT molecular complexity index is 481. The van der Waals surface area contributed by atoms with Gasteiger partial charge in [0.25, 0.3) is 0 Å². The summed E-state index contributed by atoms with van der Waals surface area (Å²) in [6.07, 6.45) is 4.67. The molecule has 0 spiro atoms. The highest BCUT2D eigenvalue weighted by Gasteiger charge is 2.26. The number of carbonyl (C=O) groups excluding carboxylic acids is 1. The van der Waals surface area contributed by atoms with Gasteiger partial charge in [0, 0.05) is 6.04 Å². The number of carbonyl (C=O) groups is 1. The first-order valence-corrected chi connectivity index (χ1v) is 7.05. The molecule has 102 valence electrons. The van der Waals surface area contributed by atoms with Crippen molar-refractivity contribution in [1.82, 2.24) is 5.32 Å². The Morgan fingerprint density at radius 2 is 2.16 bits per heavy atom. The van der Waals surface area contributed by atoms with E-state index in [1.54, 1.807) is 0 Å². The molecule has 0 saturated heterocycles. The van der Waals surface area contributed by atoms with Crippen LogP contribution in [0.15, 0.2) is 18.2 Å². The molecular formula is C15H20N2O2. The van der Waals surface area contributed by atoms with E-state index in [4.69, 9.17) is 4.74 Å². The predicted octanol–water partition coefficient (Wildman–Crippen LogP) is 2.85. The lowest BCUT2D eigenvalue weighted by atomic mass is 10.1. The topological polar surface area (TPSA) is 41.6 Å². The third kappa shape index (κ3) is 2.53. The van der Waals surface area contributed by atoms with Crippen molar-refractivity contribution in [3.8, 4) is 5.75 Å². The molecular weight excluding hydrogens is 240 g/mol. The van der Waals surface area contributed by atoms with Crippen LogP contribution in [0.2, 0.25) is 0 Å². The third-order valence-electron chi connectivity index (χ3n) is 3.91. The molecule has 1 heterocycles. The van der Waals surface area contributed by atoms with Crippen LogP contribution in [0.25, 0.3) is 0 Å². The van der Waals surface area contributed by atoms with Crippen LogP contribution in [0.3, 0.4) is 0 Å². The minimum atomic E-state index is 0.0158. The second-order valence-electron chi connectivity index (χ2n) is 5.40. The maximum Gasteiger partial charge on any atom is 0.322 e. The van der Waals surface area contributed by atoms with Crippen molar-refractivity contribution in [2.75, 3.05) is 18.1 Å². The van der Waals surface area contributed by atoms with Gasteiger partial charge in [0.1, 0.15) is 12.4 Å². The van der Waals surface area contributed by atoms with Gasteiger partial charge in [-0.3, -0.25) is 4.90 Å². The Morgan fingerprint density at radius 3 is 2.95 bits per heavy atom. The number of ether oxygens (including phenoxy) is 1. The van der Waals surface area contributed by atoms with E-state index in [1.807, 2.05) is 30.0 Å². The molecule has 2 aliphatic rings. The van der Waals surface area contributed by atoms with Crippen molar-refractivity contribution in [1.29, 1.82) is 0 Å². The quantitative estimate of drug-likeness (QED) is 0.843. The Labute approximate surface area is 113 Å². The molecule has 0 bridgehead atoms. The summed E-state index contributed by atoms with van der Waals surface area (Å²) in [4.78, 5) is 14.2. The molecule has 1 aliphatic heterocycles. The highest BCUT2D eigenvalue weighted by molar-refractivity contribution is 5.94. The smallest absolute Gasteiger partial charge is 0.322 e. The van der Waals surface area contributed by atoms with Crippen molar-refractivity contribution in [3.05, 3.63) is 23.8 Å². The highest BCUT2D eigenvalue weighted by atomic mass is 16.5. The first kappa shape index (κ1) is 12.3. The monoisotopic (exact) mass is 260 g/mol. The lowest BCUT2D eigenvalue weighted by Gasteiger charge is -2.30. The molecule has 1 fully saturated rings. The average molecular weight is 260 g/mol. The molecule has 0 aromatic heterocycles. The maximum atomic E-state index is 12.4. The Morgan fingerprint density at radius 1 is 1.37 bits per heavy atom. The number of hydrogen-bond acceptors (Lipinski definition) is 2. The Kier molecular flexibility index (Phi) is 3.32. The van der Waals surface area contributed by atoms with E-state index in [1.165, 1.54) is 12.8 Å². The van der Waals surface area contributed by atoms with Gasteiger partial charge >= 0.3 is 6.03 Å². The molecule has 0 radical (unpaired) electrons. The number of rotatable bonds is 1. The molecule has 2 amide bonds. The van der Waals surface area contributed by atoms with E-state index in [0.29, 0.717) is 19.2 Å². The van der Waals surface area contributed by atoms with E-state index in [9.17, 15) is 4.79 Å². The minimum Gasteiger partial charge on any atom is -0.490 e. The standard InChI is InChI=1S/C15H20N2O2/c1-11-6-7-14-13(10-11)17(8-9-19-14)15(18)16-12-4-2-3-5-12/h6-7,10,12H,2-5,8-9H2,1H3,(H,16,18). The van der Waals surface area contributed by atoms with Gasteiger partial charge in [-0.2, -0.15) is 0 Å². The van der Waals surface area contributed by atoms with Gasteiger partial charge in [-0.1, -0.05) is 18.9 Å². The summed E-state index contributed by atoms with van der Waals surface area (Å²) in [5.41, 5.74) is 2.03. The van der Waals surface area contributed by atoms with E-state index in [0.717, 1.165) is 29.8 Å². The molecule has 1 N–H and O–H groups in total. The number of nitrogens with zero attached hydrogens (tertiary/aromatic N) is 1. The summed E-state index contributed by atoms with van der Waals surface area (Å²) in [5.74, 6) is 0.804. The van der Waals surface area contributed by atoms with Crippen LogP contribution < -0.4 is 15.0 Å². The van der Waals surface area contributed by atoms with Crippen LogP contribution in [0.5, 0.6) is 5.75 Å². The second kappa shape index (κ2) is 5.11. The van der Waals surface area contributed by atoms with Crippen LogP contribution in [0.1, 0.15) is 31.2 Å². The summed E-state index contributed by atoms with van der Waals surface area (Å²) in [6.45, 7) is 3.21. The second-order valence-corrected chi connectivity index (χ2v) is 5.40. The number of urea groups is 1. The zero-order valence-electron chi connectivity index (χ0n) is 11.3. The normalized spacial score (nSPS) is 18.9. The van der Waals surface area contributed by atoms with E-state index < -0.39 is 0 Å². The molecule has 4 heteroatoms. The zero-order valence-corrected chi connectivity index (χ0v) is 11.3. The van der Waals surface area contributed by atoms with Crippen LogP contribution >= 0.6 is 0 Å². The van der Waals surface area contributed by atoms with Gasteiger partial charge in [0.05, 0.1) is 12.2 Å². The number of benzene rings is 1. The number of hydrogen-bond donors (Lipinski definition) is 1. The van der Waals surface area contributed by atoms with Crippen molar-refractivity contribution in [2.24, 2.45) is 0 Å². The van der Waals surface area contributed by atoms with Crippen LogP contribution in [-0.2, 0) is 0 Å². The summed E-state index contributed by atoms with van der Waals surface area (Å²) in [5, 5.41) is 3.14. The molecule has 19 heavy (non-hydrogen) atoms. The Balaban J connectivity index is 1.78. The molecule has 1 aromatic carbocycles. The minimum absolute atomic E-state index is 0.0158. The zero-order chi connectivity index (χ0) is 13.2. The SMILES string of the molecule is Cc1ccc2c(c1)N(C(=O)NC1CCCC1)CCO2. The molecule has 0 atom stereocenters. The number of fused-ring (bicyclic) bond motifs is 1. The third-order valence-corrected chi connectivity index (χ3v) is 3.91. The van der Waals surface area contributed by atoms with Crippen molar-refractivity contribution in [2.45, 2.75) is 38.6 Å². The van der Waals surface area contributed by atoms with E-state index in [-0.39, 0.29) is 6.03 Å². The number of aryl methyl sites for hydroxylation is 1. The molecule has 1 saturated carbocycles. The lowest BCUT2D eigenvalue weighted by Crippen LogP contribution is -2.47. The average Bonchev–Trinajstić information content (AvgIpc) is 2.90. The lowest BCUT2D eigenvalue weighted by molar-refractivity contribution is 0.236. The maximum absolute atomic E-state index is 12.4. The highest BCUT2D eigenvalue weighted by Crippen LogP contribution is 2.32. The van der Waals surface area contributed by atoms with Crippen LogP contribution in [0, 0.1) is 6.92 Å². The predicted molar refractivity (Wildman–Crippen MR) is 74.8 cm³/mol. The summed E-state index contributed by atoms with van der Waals surface area (Å²) >= 11 is 0. The summed E-state index contributed by atoms with van der Waals surface area (Å²) in [6, 6.07) is 6.34. The first-order valence-electron chi connectivity index (χ1n) is 7.05. The summed E-state index contributed by atoms with van der Waals surface area (Å²) < 4.78 is 5.61. The van der Waals surface area contributed by atoms with Gasteiger partial charge < -0.3 is 10.1 Å². The van der Waals surface area contributed by atoms with Gasteiger partial charge in [-0.15, -0.1) is 0 Å². The van der Waals surface area contributed by atoms with E-state index >= 15 is 0 Å². The van der Waals surface area contributed by atoms with Crippen molar-refractivity contribution < 1.29 is 9.53 Å². The van der Waals surface area contributed by atoms with Crippen molar-refractivity contribution >= 4 is 11.7 Å². The fourth-order valence-electron chi connectivity index (χ4n) is 2.86. The Hall–Kier alpha value is -1.71. The fraction of sp³-hybridized carbons (Fsp3) is 0.533. The first-order chi connectivity index (χ1) is 9.24. The van der Waals surface area contributed by atoms with Crippen molar-refractivity contribution in [3.63, 3.8) is 0 Å². The van der Waals surface area contributed by atoms with Gasteiger partial charge in [0.15, 0.2) is 0 Å². The largest absolute Gasteiger partial charge is 0.490 e. The number of amides is 2. The van der Waals surface area contributed by atoms with Gasteiger partial charge in [-0.05, 0) is 37.5 Å².